The second-order valence-corrected chi connectivity index (χ2v) is 5.11. The molecule has 1 aromatic carbocycles. The first-order valence-electron chi connectivity index (χ1n) is 5.05. The third-order valence-electron chi connectivity index (χ3n) is 1.98. The molecule has 112 valence electrons. The number of benzene rings is 1. The van der Waals surface area contributed by atoms with Crippen LogP contribution in [0.2, 0.25) is 0 Å². The minimum Gasteiger partial charge on any atom is -0.409 e. The first-order chi connectivity index (χ1) is 9.13. The molecule has 0 radical (unpaired) electrons. The van der Waals surface area contributed by atoms with Crippen LogP contribution in [0.4, 0.5) is 18.9 Å². The van der Waals surface area contributed by atoms with Gasteiger partial charge in [-0.15, -0.1) is 0 Å². The number of rotatable bonds is 5. The summed E-state index contributed by atoms with van der Waals surface area (Å²) in [5, 5.41) is 11.2. The van der Waals surface area contributed by atoms with Gasteiger partial charge in [-0.05, 0) is 12.1 Å². The zero-order valence-corrected chi connectivity index (χ0v) is 10.7. The van der Waals surface area contributed by atoms with Gasteiger partial charge in [0, 0.05) is 5.56 Å². The Morgan fingerprint density at radius 3 is 2.60 bits per heavy atom. The highest BCUT2D eigenvalue weighted by molar-refractivity contribution is 7.90. The molecule has 0 fully saturated rings. The molecular formula is C9H11F3N4O3S. The van der Waals surface area contributed by atoms with Gasteiger partial charge in [0.2, 0.25) is 0 Å². The van der Waals surface area contributed by atoms with Gasteiger partial charge in [0.05, 0.1) is 5.69 Å². The molecule has 5 N–H and O–H groups in total. The zero-order valence-electron chi connectivity index (χ0n) is 9.85. The maximum Gasteiger partial charge on any atom is 0.402 e. The Bertz CT molecular complexity index is 601. The van der Waals surface area contributed by atoms with E-state index in [1.54, 1.807) is 0 Å². The molecule has 7 nitrogen and oxygen atoms in total. The number of nitrogens with two attached hydrogens (primary N) is 1. The highest BCUT2D eigenvalue weighted by atomic mass is 32.2. The van der Waals surface area contributed by atoms with Gasteiger partial charge in [0.15, 0.2) is 5.84 Å². The van der Waals surface area contributed by atoms with Gasteiger partial charge in [-0.3, -0.25) is 4.72 Å². The Morgan fingerprint density at radius 1 is 1.40 bits per heavy atom. The van der Waals surface area contributed by atoms with Gasteiger partial charge in [-0.2, -0.15) is 26.3 Å². The van der Waals surface area contributed by atoms with Crippen molar-refractivity contribution in [1.82, 2.24) is 4.72 Å². The lowest BCUT2D eigenvalue weighted by molar-refractivity contribution is -0.121. The summed E-state index contributed by atoms with van der Waals surface area (Å²) in [6.07, 6.45) is -4.66. The molecule has 0 amide bonds. The maximum absolute atomic E-state index is 11.9. The number of nitrogens with one attached hydrogen (secondary N) is 2. The number of hydrogen-bond acceptors (Lipinski definition) is 4. The molecular weight excluding hydrogens is 301 g/mol. The Hall–Kier alpha value is -2.01. The van der Waals surface area contributed by atoms with E-state index in [0.29, 0.717) is 0 Å². The van der Waals surface area contributed by atoms with Gasteiger partial charge in [0.25, 0.3) is 10.2 Å². The number of halogens is 3. The molecule has 0 heterocycles. The van der Waals surface area contributed by atoms with Gasteiger partial charge >= 0.3 is 6.18 Å². The number of nitrogens with zero attached hydrogens (tertiary/aromatic N) is 1. The van der Waals surface area contributed by atoms with Crippen molar-refractivity contribution in [3.63, 3.8) is 0 Å². The minimum atomic E-state index is -4.66. The maximum atomic E-state index is 11.9. The first-order valence-corrected chi connectivity index (χ1v) is 6.53. The second kappa shape index (κ2) is 5.96. The predicted molar refractivity (Wildman–Crippen MR) is 65.6 cm³/mol. The smallest absolute Gasteiger partial charge is 0.402 e. The fraction of sp³-hybridized carbons (Fsp3) is 0.222. The number of amidine groups is 1. The largest absolute Gasteiger partial charge is 0.409 e. The minimum absolute atomic E-state index is 0.0382. The van der Waals surface area contributed by atoms with Gasteiger partial charge in [-0.25, -0.2) is 0 Å². The molecule has 11 heteroatoms. The SMILES string of the molecule is N/C(=N/O)c1cccc(NS(=O)(=O)NCC(F)(F)F)c1. The predicted octanol–water partition coefficient (Wildman–Crippen LogP) is 0.590. The van der Waals surface area contributed by atoms with Gasteiger partial charge in [-0.1, -0.05) is 17.3 Å². The Labute approximate surface area is 112 Å². The van der Waals surface area contributed by atoms with Crippen molar-refractivity contribution in [3.8, 4) is 0 Å². The molecule has 0 aromatic heterocycles. The monoisotopic (exact) mass is 312 g/mol. The third-order valence-corrected chi connectivity index (χ3v) is 3.01. The van der Waals surface area contributed by atoms with Crippen LogP contribution < -0.4 is 15.2 Å². The van der Waals surface area contributed by atoms with Crippen molar-refractivity contribution in [3.05, 3.63) is 29.8 Å². The highest BCUT2D eigenvalue weighted by Crippen LogP contribution is 2.14. The standard InChI is InChI=1S/C9H11F3N4O3S/c10-9(11,12)5-14-20(18,19)16-7-3-1-2-6(4-7)8(13)15-17/h1-4,14,16-17H,5H2,(H2,13,15). The van der Waals surface area contributed by atoms with E-state index in [4.69, 9.17) is 10.9 Å². The summed E-state index contributed by atoms with van der Waals surface area (Å²) in [5.74, 6) is -0.269. The molecule has 0 atom stereocenters. The molecule has 1 aromatic rings. The molecule has 0 aliphatic heterocycles. The van der Waals surface area contributed by atoms with E-state index in [2.05, 4.69) is 5.16 Å². The number of oxime groups is 1. The summed E-state index contributed by atoms with van der Waals surface area (Å²) in [6, 6.07) is 5.30. The van der Waals surface area contributed by atoms with Crippen LogP contribution in [-0.4, -0.2) is 32.2 Å². The van der Waals surface area contributed by atoms with Crippen LogP contribution >= 0.6 is 0 Å². The highest BCUT2D eigenvalue weighted by Gasteiger charge is 2.29. The normalized spacial score (nSPS) is 13.2. The number of anilines is 1. The summed E-state index contributed by atoms with van der Waals surface area (Å²) >= 11 is 0. The Kier molecular flexibility index (Phi) is 4.78. The van der Waals surface area contributed by atoms with Gasteiger partial charge in [0.1, 0.15) is 6.54 Å². The van der Waals surface area contributed by atoms with Crippen molar-refractivity contribution in [2.45, 2.75) is 6.18 Å². The molecule has 0 aliphatic carbocycles. The third kappa shape index (κ3) is 5.32. The van der Waals surface area contributed by atoms with Crippen molar-refractivity contribution in [1.29, 1.82) is 0 Å². The molecule has 1 rings (SSSR count). The molecule has 0 unspecified atom stereocenters. The van der Waals surface area contributed by atoms with Crippen LogP contribution in [0, 0.1) is 0 Å². The lowest BCUT2D eigenvalue weighted by atomic mass is 10.2. The van der Waals surface area contributed by atoms with Crippen molar-refractivity contribution >= 4 is 21.7 Å². The second-order valence-electron chi connectivity index (χ2n) is 3.61. The summed E-state index contributed by atoms with van der Waals surface area (Å²) in [4.78, 5) is 0. The van der Waals surface area contributed by atoms with E-state index >= 15 is 0 Å². The Morgan fingerprint density at radius 2 is 2.05 bits per heavy atom. The molecule has 0 aliphatic rings. The van der Waals surface area contributed by atoms with Crippen LogP contribution in [-0.2, 0) is 10.2 Å². The molecule has 20 heavy (non-hydrogen) atoms. The number of hydrogen-bond donors (Lipinski definition) is 4. The summed E-state index contributed by atoms with van der Waals surface area (Å²) in [7, 11) is -4.38. The molecule has 0 saturated carbocycles. The van der Waals surface area contributed by atoms with Crippen molar-refractivity contribution < 1.29 is 26.8 Å². The van der Waals surface area contributed by atoms with Crippen LogP contribution in [0.5, 0.6) is 0 Å². The molecule has 0 bridgehead atoms. The van der Waals surface area contributed by atoms with Crippen LogP contribution in [0.1, 0.15) is 5.56 Å². The van der Waals surface area contributed by atoms with Gasteiger partial charge < -0.3 is 10.9 Å². The first kappa shape index (κ1) is 16.0. The summed E-state index contributed by atoms with van der Waals surface area (Å²) < 4.78 is 61.7. The van der Waals surface area contributed by atoms with E-state index in [9.17, 15) is 21.6 Å². The van der Waals surface area contributed by atoms with E-state index < -0.39 is 22.9 Å². The summed E-state index contributed by atoms with van der Waals surface area (Å²) in [5.41, 5.74) is 5.46. The fourth-order valence-corrected chi connectivity index (χ4v) is 2.03. The average Bonchev–Trinajstić information content (AvgIpc) is 2.35. The fourth-order valence-electron chi connectivity index (χ4n) is 1.17. The lowest BCUT2D eigenvalue weighted by Crippen LogP contribution is -2.37. The van der Waals surface area contributed by atoms with E-state index in [1.807, 2.05) is 4.72 Å². The van der Waals surface area contributed by atoms with Crippen LogP contribution in [0.15, 0.2) is 29.4 Å². The van der Waals surface area contributed by atoms with Crippen molar-refractivity contribution in [2.24, 2.45) is 10.9 Å². The number of alkyl halides is 3. The van der Waals surface area contributed by atoms with Crippen molar-refractivity contribution in [2.75, 3.05) is 11.3 Å². The lowest BCUT2D eigenvalue weighted by Gasteiger charge is -2.11. The Balaban J connectivity index is 2.83. The van der Waals surface area contributed by atoms with Crippen LogP contribution in [0.25, 0.3) is 0 Å². The van der Waals surface area contributed by atoms with E-state index in [-0.39, 0.29) is 17.1 Å². The molecule has 0 spiro atoms. The van der Waals surface area contributed by atoms with Crippen LogP contribution in [0.3, 0.4) is 0 Å². The van der Waals surface area contributed by atoms with E-state index in [0.717, 1.165) is 0 Å². The topological polar surface area (TPSA) is 117 Å². The zero-order chi connectivity index (χ0) is 15.4. The molecule has 0 saturated heterocycles. The quantitative estimate of drug-likeness (QED) is 0.275. The average molecular weight is 312 g/mol. The van der Waals surface area contributed by atoms with E-state index in [1.165, 1.54) is 29.0 Å². The summed E-state index contributed by atoms with van der Waals surface area (Å²) in [6.45, 7) is -1.69.